The summed E-state index contributed by atoms with van der Waals surface area (Å²) in [6.07, 6.45) is 6.33. The molecule has 2 aliphatic rings. The molecule has 1 aliphatic carbocycles. The number of aliphatic carboxylic acids is 1. The van der Waals surface area contributed by atoms with E-state index in [0.717, 1.165) is 24.8 Å². The first-order valence-corrected chi connectivity index (χ1v) is 14.0. The van der Waals surface area contributed by atoms with Crippen LogP contribution in [0.5, 0.6) is 0 Å². The highest BCUT2D eigenvalue weighted by Gasteiger charge is 2.48. The smallest absolute Gasteiger partial charge is 0.410 e. The Kier molecular flexibility index (Phi) is 10.1. The van der Waals surface area contributed by atoms with Gasteiger partial charge in [0.15, 0.2) is 0 Å². The first-order chi connectivity index (χ1) is 18.6. The van der Waals surface area contributed by atoms with Crippen LogP contribution < -0.4 is 0 Å². The highest BCUT2D eigenvalue weighted by molar-refractivity contribution is 5.84. The molecule has 0 saturated carbocycles. The Hall–Kier alpha value is -2.92. The lowest BCUT2D eigenvalue weighted by molar-refractivity contribution is -0.155. The molecule has 224 valence electrons. The lowest BCUT2D eigenvalue weighted by Gasteiger charge is -2.40. The largest absolute Gasteiger partial charge is 0.481 e. The summed E-state index contributed by atoms with van der Waals surface area (Å²) >= 11 is 0. The number of esters is 1. The number of rotatable bonds is 9. The van der Waals surface area contributed by atoms with Crippen LogP contribution in [0.4, 0.5) is 4.79 Å². The quantitative estimate of drug-likeness (QED) is 0.441. The standard InChI is InChI=1S/C29H46N4O7/c1-28(2,3)40-27(37)32(7)13-12-31(6)17-20-18-33(23-11-9-10-14-39-23)30-24(20)19-15-21(25(34)35)29(4,5)22(16-19)26(36)38-8/h15,18,21-23H,9-14,16-17H2,1-8H3,(H,34,35). The highest BCUT2D eigenvalue weighted by atomic mass is 16.6. The highest BCUT2D eigenvalue weighted by Crippen LogP contribution is 2.47. The van der Waals surface area contributed by atoms with Gasteiger partial charge in [-0.15, -0.1) is 0 Å². The van der Waals surface area contributed by atoms with Gasteiger partial charge in [-0.05, 0) is 64.5 Å². The molecule has 2 heterocycles. The van der Waals surface area contributed by atoms with E-state index >= 15 is 0 Å². The number of hydrogen-bond acceptors (Lipinski definition) is 8. The van der Waals surface area contributed by atoms with Crippen LogP contribution in [0.15, 0.2) is 12.3 Å². The molecule has 11 heteroatoms. The minimum Gasteiger partial charge on any atom is -0.481 e. The average Bonchev–Trinajstić information content (AvgIpc) is 3.29. The fraction of sp³-hybridized carbons (Fsp3) is 0.724. The minimum absolute atomic E-state index is 0.197. The lowest BCUT2D eigenvalue weighted by atomic mass is 9.63. The fourth-order valence-electron chi connectivity index (χ4n) is 5.30. The molecule has 40 heavy (non-hydrogen) atoms. The molecule has 1 aromatic heterocycles. The summed E-state index contributed by atoms with van der Waals surface area (Å²) in [5.41, 5.74) is 0.874. The van der Waals surface area contributed by atoms with E-state index in [9.17, 15) is 19.5 Å². The summed E-state index contributed by atoms with van der Waals surface area (Å²) in [5.74, 6) is -2.94. The number of amides is 1. The Morgan fingerprint density at radius 3 is 2.48 bits per heavy atom. The van der Waals surface area contributed by atoms with Crippen molar-refractivity contribution in [3.8, 4) is 0 Å². The summed E-state index contributed by atoms with van der Waals surface area (Å²) in [6.45, 7) is 11.3. The van der Waals surface area contributed by atoms with Crippen molar-refractivity contribution in [2.75, 3.05) is 40.9 Å². The van der Waals surface area contributed by atoms with E-state index in [-0.39, 0.29) is 12.3 Å². The zero-order valence-corrected chi connectivity index (χ0v) is 25.2. The molecule has 1 fully saturated rings. The van der Waals surface area contributed by atoms with Crippen LogP contribution in [-0.4, -0.2) is 89.2 Å². The fourth-order valence-corrected chi connectivity index (χ4v) is 5.30. The van der Waals surface area contributed by atoms with Crippen LogP contribution in [0, 0.1) is 17.3 Å². The Morgan fingerprint density at radius 2 is 1.90 bits per heavy atom. The van der Waals surface area contributed by atoms with Gasteiger partial charge < -0.3 is 29.1 Å². The van der Waals surface area contributed by atoms with Crippen molar-refractivity contribution >= 4 is 23.6 Å². The number of carboxylic acid groups (broad SMARTS) is 1. The van der Waals surface area contributed by atoms with Gasteiger partial charge in [0.25, 0.3) is 0 Å². The van der Waals surface area contributed by atoms with Gasteiger partial charge >= 0.3 is 18.0 Å². The van der Waals surface area contributed by atoms with Crippen molar-refractivity contribution in [2.24, 2.45) is 17.3 Å². The zero-order chi connectivity index (χ0) is 29.8. The number of aromatic nitrogens is 2. The van der Waals surface area contributed by atoms with E-state index in [1.165, 1.54) is 7.11 Å². The van der Waals surface area contributed by atoms with E-state index in [2.05, 4.69) is 4.90 Å². The van der Waals surface area contributed by atoms with Gasteiger partial charge in [-0.1, -0.05) is 19.9 Å². The number of allylic oxidation sites excluding steroid dienone is 1. The van der Waals surface area contributed by atoms with Crippen molar-refractivity contribution in [1.29, 1.82) is 0 Å². The molecule has 0 aromatic carbocycles. The topological polar surface area (TPSA) is 123 Å². The van der Waals surface area contributed by atoms with E-state index in [4.69, 9.17) is 19.3 Å². The van der Waals surface area contributed by atoms with Gasteiger partial charge in [0.2, 0.25) is 0 Å². The number of carbonyl (C=O) groups excluding carboxylic acids is 2. The third-order valence-electron chi connectivity index (χ3n) is 7.77. The lowest BCUT2D eigenvalue weighted by Crippen LogP contribution is -2.43. The molecule has 0 radical (unpaired) electrons. The maximum atomic E-state index is 12.8. The predicted octanol–water partition coefficient (Wildman–Crippen LogP) is 4.18. The Morgan fingerprint density at radius 1 is 1.20 bits per heavy atom. The zero-order valence-electron chi connectivity index (χ0n) is 25.2. The van der Waals surface area contributed by atoms with Gasteiger partial charge in [0.1, 0.15) is 11.8 Å². The second kappa shape index (κ2) is 12.7. The monoisotopic (exact) mass is 562 g/mol. The summed E-state index contributed by atoms with van der Waals surface area (Å²) < 4.78 is 18.3. The van der Waals surface area contributed by atoms with E-state index in [1.807, 2.05) is 38.7 Å². The second-order valence-electron chi connectivity index (χ2n) is 12.6. The molecule has 3 atom stereocenters. The number of methoxy groups -OCH3 is 1. The van der Waals surface area contributed by atoms with Crippen molar-refractivity contribution in [2.45, 2.75) is 78.7 Å². The number of carboxylic acids is 1. The summed E-state index contributed by atoms with van der Waals surface area (Å²) in [7, 11) is 4.99. The molecular weight excluding hydrogens is 516 g/mol. The summed E-state index contributed by atoms with van der Waals surface area (Å²) in [6, 6.07) is 0. The average molecular weight is 563 g/mol. The number of carbonyl (C=O) groups is 3. The second-order valence-corrected chi connectivity index (χ2v) is 12.6. The summed E-state index contributed by atoms with van der Waals surface area (Å²) in [4.78, 5) is 41.1. The molecule has 1 saturated heterocycles. The molecule has 3 rings (SSSR count). The third-order valence-corrected chi connectivity index (χ3v) is 7.77. The van der Waals surface area contributed by atoms with Gasteiger partial charge in [-0.3, -0.25) is 9.59 Å². The molecule has 3 unspecified atom stereocenters. The first-order valence-electron chi connectivity index (χ1n) is 14.0. The van der Waals surface area contributed by atoms with Gasteiger partial charge in [0.05, 0.1) is 24.6 Å². The van der Waals surface area contributed by atoms with Crippen LogP contribution >= 0.6 is 0 Å². The Balaban J connectivity index is 1.89. The van der Waals surface area contributed by atoms with Crippen molar-refractivity contribution in [3.05, 3.63) is 23.5 Å². The molecular formula is C29H46N4O7. The molecule has 0 bridgehead atoms. The third kappa shape index (κ3) is 7.63. The molecule has 11 nitrogen and oxygen atoms in total. The van der Waals surface area contributed by atoms with Crippen molar-refractivity contribution in [1.82, 2.24) is 19.6 Å². The van der Waals surface area contributed by atoms with Crippen LogP contribution in [0.3, 0.4) is 0 Å². The van der Waals surface area contributed by atoms with Gasteiger partial charge in [-0.2, -0.15) is 5.10 Å². The predicted molar refractivity (Wildman–Crippen MR) is 149 cm³/mol. The molecule has 0 spiro atoms. The van der Waals surface area contributed by atoms with Crippen LogP contribution in [0.25, 0.3) is 5.57 Å². The number of hydrogen-bond donors (Lipinski definition) is 1. The molecule has 1 aliphatic heterocycles. The van der Waals surface area contributed by atoms with Crippen LogP contribution in [0.1, 0.15) is 77.8 Å². The maximum Gasteiger partial charge on any atom is 0.410 e. The number of likely N-dealkylation sites (N-methyl/N-ethyl adjacent to an activating group) is 2. The van der Waals surface area contributed by atoms with E-state index in [1.54, 1.807) is 31.9 Å². The van der Waals surface area contributed by atoms with Crippen molar-refractivity contribution < 1.29 is 33.7 Å². The Bertz CT molecular complexity index is 1100. The van der Waals surface area contributed by atoms with E-state index < -0.39 is 34.8 Å². The number of ether oxygens (including phenoxy) is 3. The first kappa shape index (κ1) is 31.6. The van der Waals surface area contributed by atoms with Gasteiger partial charge in [-0.25, -0.2) is 9.48 Å². The van der Waals surface area contributed by atoms with Crippen molar-refractivity contribution in [3.63, 3.8) is 0 Å². The normalized spacial score (nSPS) is 22.9. The molecule has 1 amide bonds. The minimum atomic E-state index is -0.991. The molecule has 1 aromatic rings. The maximum absolute atomic E-state index is 12.8. The molecule has 1 N–H and O–H groups in total. The van der Waals surface area contributed by atoms with Crippen LogP contribution in [-0.2, 0) is 30.3 Å². The van der Waals surface area contributed by atoms with Crippen LogP contribution in [0.2, 0.25) is 0 Å². The van der Waals surface area contributed by atoms with E-state index in [0.29, 0.717) is 43.9 Å². The van der Waals surface area contributed by atoms with Gasteiger partial charge in [0, 0.05) is 45.0 Å². The summed E-state index contributed by atoms with van der Waals surface area (Å²) in [5, 5.41) is 15.0. The Labute approximate surface area is 237 Å². The SMILES string of the molecule is COC(=O)C1CC(c2nn(C3CCCCO3)cc2CN(C)CCN(C)C(=O)OC(C)(C)C)=CC(C(=O)O)C1(C)C. The number of nitrogens with zero attached hydrogens (tertiary/aromatic N) is 4.